The zero-order chi connectivity index (χ0) is 35.2. The van der Waals surface area contributed by atoms with Crippen molar-refractivity contribution in [3.05, 3.63) is 167 Å². The van der Waals surface area contributed by atoms with Gasteiger partial charge >= 0.3 is 0 Å². The van der Waals surface area contributed by atoms with Crippen LogP contribution in [-0.2, 0) is 5.41 Å². The first kappa shape index (κ1) is 33.8. The van der Waals surface area contributed by atoms with Gasteiger partial charge in [0, 0.05) is 45.2 Å². The minimum absolute atomic E-state index is 0.0622. The zero-order valence-electron chi connectivity index (χ0n) is 31.5. The summed E-state index contributed by atoms with van der Waals surface area (Å²) in [5.41, 5.74) is 12.7. The van der Waals surface area contributed by atoms with Gasteiger partial charge in [-0.1, -0.05) is 105 Å². The number of fused-ring (bicyclic) bond motifs is 2. The van der Waals surface area contributed by atoms with Crippen molar-refractivity contribution < 1.29 is 0 Å². The maximum atomic E-state index is 2.83. The third-order valence-electron chi connectivity index (χ3n) is 13.2. The average molecular weight is 673 g/mol. The standard InChI is InChI=1S/C49H56N2/c1-36-34-42(50(40-22-8-6-9-23-40)46-28-17-21-39-20-14-15-31-49(39,46)5)29-30-44(36)48(4)33-32-47(3,35-37(48)2)51(41-24-10-7-11-25-41)45-27-16-19-38-18-12-13-26-43(38)45/h6-10,14-15,17,19-24,28-34,37,39H,11-13,16,18,25-27,35H2,1-5H3. The normalized spacial score (nSPS) is 31.0. The molecular formula is C49H56N2. The Labute approximate surface area is 307 Å². The summed E-state index contributed by atoms with van der Waals surface area (Å²) in [6, 6.07) is 18.2. The third kappa shape index (κ3) is 5.89. The van der Waals surface area contributed by atoms with Gasteiger partial charge in [0.15, 0.2) is 0 Å². The molecule has 2 aromatic carbocycles. The van der Waals surface area contributed by atoms with Crippen LogP contribution in [0.2, 0.25) is 0 Å². The topological polar surface area (TPSA) is 6.48 Å². The van der Waals surface area contributed by atoms with Crippen LogP contribution in [0.25, 0.3) is 0 Å². The molecule has 2 nitrogen and oxygen atoms in total. The Morgan fingerprint density at radius 1 is 0.725 bits per heavy atom. The van der Waals surface area contributed by atoms with Gasteiger partial charge in [-0.25, -0.2) is 0 Å². The fraction of sp³-hybridized carbons (Fsp3) is 0.388. The van der Waals surface area contributed by atoms with Crippen LogP contribution >= 0.6 is 0 Å². The van der Waals surface area contributed by atoms with Gasteiger partial charge in [-0.15, -0.1) is 0 Å². The van der Waals surface area contributed by atoms with Gasteiger partial charge in [0.05, 0.1) is 5.54 Å². The largest absolute Gasteiger partial charge is 0.339 e. The van der Waals surface area contributed by atoms with E-state index in [1.807, 2.05) is 0 Å². The number of aryl methyl sites for hydroxylation is 1. The summed E-state index contributed by atoms with van der Waals surface area (Å²) in [6.45, 7) is 12.2. The van der Waals surface area contributed by atoms with Gasteiger partial charge in [0.25, 0.3) is 0 Å². The maximum absolute atomic E-state index is 2.83. The summed E-state index contributed by atoms with van der Waals surface area (Å²) < 4.78 is 0. The molecule has 1 saturated carbocycles. The van der Waals surface area contributed by atoms with E-state index >= 15 is 0 Å². The molecule has 2 aromatic rings. The number of rotatable bonds is 7. The summed E-state index contributed by atoms with van der Waals surface area (Å²) in [4.78, 5) is 5.33. The van der Waals surface area contributed by atoms with Gasteiger partial charge in [0.2, 0.25) is 0 Å². The molecule has 8 rings (SSSR count). The monoisotopic (exact) mass is 672 g/mol. The first-order valence-corrected chi connectivity index (χ1v) is 19.7. The lowest BCUT2D eigenvalue weighted by Gasteiger charge is -2.52. The van der Waals surface area contributed by atoms with Crippen LogP contribution in [0.15, 0.2) is 156 Å². The molecule has 0 bridgehead atoms. The fourth-order valence-corrected chi connectivity index (χ4v) is 10.2. The highest BCUT2D eigenvalue weighted by Crippen LogP contribution is 2.52. The molecule has 0 saturated heterocycles. The Morgan fingerprint density at radius 3 is 2.33 bits per heavy atom. The Bertz CT molecular complexity index is 1960. The highest BCUT2D eigenvalue weighted by atomic mass is 15.2. The molecule has 1 fully saturated rings. The molecule has 0 radical (unpaired) electrons. The Kier molecular flexibility index (Phi) is 8.85. The maximum Gasteiger partial charge on any atom is 0.0602 e. The van der Waals surface area contributed by atoms with E-state index in [4.69, 9.17) is 0 Å². The first-order valence-electron chi connectivity index (χ1n) is 19.7. The number of benzene rings is 2. The molecule has 51 heavy (non-hydrogen) atoms. The molecule has 5 unspecified atom stereocenters. The van der Waals surface area contributed by atoms with Crippen molar-refractivity contribution >= 4 is 11.4 Å². The number of para-hydroxylation sites is 1. The van der Waals surface area contributed by atoms with E-state index in [0.29, 0.717) is 11.8 Å². The first-order chi connectivity index (χ1) is 24.7. The summed E-state index contributed by atoms with van der Waals surface area (Å²) in [5, 5.41) is 0. The van der Waals surface area contributed by atoms with Crippen molar-refractivity contribution in [3.8, 4) is 0 Å². The van der Waals surface area contributed by atoms with Gasteiger partial charge in [-0.2, -0.15) is 0 Å². The third-order valence-corrected chi connectivity index (χ3v) is 13.2. The summed E-state index contributed by atoms with van der Waals surface area (Å²) >= 11 is 0. The van der Waals surface area contributed by atoms with Crippen LogP contribution in [0.3, 0.4) is 0 Å². The molecule has 5 atom stereocenters. The molecule has 0 N–H and O–H groups in total. The van der Waals surface area contributed by atoms with E-state index in [1.165, 1.54) is 66.0 Å². The number of hydrogen-bond acceptors (Lipinski definition) is 2. The van der Waals surface area contributed by atoms with Crippen molar-refractivity contribution in [2.24, 2.45) is 17.3 Å². The lowest BCUT2D eigenvalue weighted by atomic mass is 9.62. The Morgan fingerprint density at radius 2 is 1.55 bits per heavy atom. The molecule has 2 heteroatoms. The molecule has 262 valence electrons. The van der Waals surface area contributed by atoms with Gasteiger partial charge in [0.1, 0.15) is 0 Å². The van der Waals surface area contributed by atoms with Crippen LogP contribution in [0.1, 0.15) is 96.6 Å². The van der Waals surface area contributed by atoms with E-state index in [-0.39, 0.29) is 16.4 Å². The predicted molar refractivity (Wildman–Crippen MR) is 217 cm³/mol. The molecular weight excluding hydrogens is 617 g/mol. The fourth-order valence-electron chi connectivity index (χ4n) is 10.2. The zero-order valence-corrected chi connectivity index (χ0v) is 31.5. The predicted octanol–water partition coefficient (Wildman–Crippen LogP) is 13.0. The van der Waals surface area contributed by atoms with Gasteiger partial charge in [-0.05, 0) is 143 Å². The quantitative estimate of drug-likeness (QED) is 0.270. The second kappa shape index (κ2) is 13.4. The Balaban J connectivity index is 1.16. The lowest BCUT2D eigenvalue weighted by molar-refractivity contribution is 0.154. The van der Waals surface area contributed by atoms with Crippen LogP contribution in [0.5, 0.6) is 0 Å². The summed E-state index contributed by atoms with van der Waals surface area (Å²) in [5.74, 6) is 0.798. The second-order valence-electron chi connectivity index (χ2n) is 16.6. The minimum atomic E-state index is -0.124. The van der Waals surface area contributed by atoms with E-state index in [2.05, 4.69) is 172 Å². The molecule has 0 heterocycles. The Hall–Kier alpha value is -4.30. The molecule has 0 amide bonds. The van der Waals surface area contributed by atoms with E-state index in [1.54, 1.807) is 16.8 Å². The smallest absolute Gasteiger partial charge is 0.0602 e. The van der Waals surface area contributed by atoms with Crippen molar-refractivity contribution in [1.82, 2.24) is 4.90 Å². The van der Waals surface area contributed by atoms with E-state index < -0.39 is 0 Å². The molecule has 6 aliphatic carbocycles. The van der Waals surface area contributed by atoms with Crippen LogP contribution in [-0.4, -0.2) is 10.4 Å². The highest BCUT2D eigenvalue weighted by Gasteiger charge is 2.45. The van der Waals surface area contributed by atoms with Gasteiger partial charge < -0.3 is 9.80 Å². The van der Waals surface area contributed by atoms with Crippen molar-refractivity contribution in [1.29, 1.82) is 0 Å². The molecule has 0 aliphatic heterocycles. The second-order valence-corrected chi connectivity index (χ2v) is 16.6. The molecule has 0 aromatic heterocycles. The number of allylic oxidation sites excluding steroid dienone is 16. The summed E-state index contributed by atoms with van der Waals surface area (Å²) in [6.07, 6.45) is 41.7. The summed E-state index contributed by atoms with van der Waals surface area (Å²) in [7, 11) is 0. The highest BCUT2D eigenvalue weighted by molar-refractivity contribution is 5.72. The van der Waals surface area contributed by atoms with E-state index in [0.717, 1.165) is 25.7 Å². The number of anilines is 2. The SMILES string of the molecule is Cc1cc(N(C2=CC=CC3C=CC=CC23C)c2ccccc2)ccc1C1(C)C=CC(C)(N(C2=CC=CCC2)C2=C3CCCCC3=CCC2)CC1C. The molecule has 0 spiro atoms. The molecule has 6 aliphatic rings. The lowest BCUT2D eigenvalue weighted by Crippen LogP contribution is -2.50. The van der Waals surface area contributed by atoms with Crippen LogP contribution < -0.4 is 4.90 Å². The number of hydrogen-bond donors (Lipinski definition) is 0. The van der Waals surface area contributed by atoms with Crippen LogP contribution in [0.4, 0.5) is 11.4 Å². The van der Waals surface area contributed by atoms with Crippen molar-refractivity contribution in [2.75, 3.05) is 4.90 Å². The van der Waals surface area contributed by atoms with Gasteiger partial charge in [-0.3, -0.25) is 0 Å². The van der Waals surface area contributed by atoms with Crippen LogP contribution in [0, 0.1) is 24.2 Å². The van der Waals surface area contributed by atoms with E-state index in [9.17, 15) is 0 Å². The van der Waals surface area contributed by atoms with Crippen molar-refractivity contribution in [3.63, 3.8) is 0 Å². The minimum Gasteiger partial charge on any atom is -0.339 e. The average Bonchev–Trinajstić information content (AvgIpc) is 3.15. The van der Waals surface area contributed by atoms with Crippen molar-refractivity contribution in [2.45, 2.75) is 103 Å². The number of nitrogens with zero attached hydrogens (tertiary/aromatic N) is 2.